The molecule has 0 aliphatic heterocycles. The summed E-state index contributed by atoms with van der Waals surface area (Å²) in [5, 5.41) is 12.9. The van der Waals surface area contributed by atoms with Gasteiger partial charge in [0.2, 0.25) is 0 Å². The molecular formula is C31H30FN5O. The van der Waals surface area contributed by atoms with Gasteiger partial charge in [-0.15, -0.1) is 5.10 Å². The van der Waals surface area contributed by atoms with Crippen LogP contribution in [0.2, 0.25) is 0 Å². The molecular weight excluding hydrogens is 477 g/mol. The zero-order chi connectivity index (χ0) is 26.4. The zero-order valence-electron chi connectivity index (χ0n) is 21.7. The van der Waals surface area contributed by atoms with Gasteiger partial charge >= 0.3 is 0 Å². The maximum absolute atomic E-state index is 13.5. The van der Waals surface area contributed by atoms with Gasteiger partial charge in [-0.05, 0) is 66.5 Å². The second-order valence-corrected chi connectivity index (χ2v) is 10.7. The third-order valence-electron chi connectivity index (χ3n) is 8.05. The molecule has 1 aliphatic carbocycles. The van der Waals surface area contributed by atoms with Crippen LogP contribution >= 0.6 is 0 Å². The molecule has 2 heterocycles. The fourth-order valence-electron chi connectivity index (χ4n) is 6.03. The van der Waals surface area contributed by atoms with Crippen molar-refractivity contribution in [3.8, 4) is 16.9 Å². The summed E-state index contributed by atoms with van der Waals surface area (Å²) in [5.74, 6) is 0.298. The lowest BCUT2D eigenvalue weighted by Crippen LogP contribution is -2.26. The molecule has 38 heavy (non-hydrogen) atoms. The van der Waals surface area contributed by atoms with Crippen molar-refractivity contribution in [1.82, 2.24) is 25.3 Å². The molecule has 0 radical (unpaired) electrons. The predicted octanol–water partition coefficient (Wildman–Crippen LogP) is 6.42. The summed E-state index contributed by atoms with van der Waals surface area (Å²) in [7, 11) is 0. The third-order valence-corrected chi connectivity index (χ3v) is 8.05. The van der Waals surface area contributed by atoms with Gasteiger partial charge in [0.25, 0.3) is 5.91 Å². The van der Waals surface area contributed by atoms with Gasteiger partial charge in [0.05, 0.1) is 5.69 Å². The molecule has 6 rings (SSSR count). The molecule has 1 amide bonds. The minimum atomic E-state index is -0.336. The Labute approximate surface area is 220 Å². The minimum Gasteiger partial charge on any atom is -0.358 e. The number of nitrogens with zero attached hydrogens (tertiary/aromatic N) is 3. The SMILES string of the molecule is Cc1[nH]c2ccccc2c1[C@H]1[C@@H](CCNC(=O)c2nnn(-c3ccc(F)cc3)c2-c2ccccc2)C1(C)C. The van der Waals surface area contributed by atoms with E-state index in [9.17, 15) is 9.18 Å². The molecule has 0 saturated heterocycles. The number of fused-ring (bicyclic) bond motifs is 1. The van der Waals surface area contributed by atoms with Crippen molar-refractivity contribution in [2.75, 3.05) is 6.54 Å². The van der Waals surface area contributed by atoms with Crippen LogP contribution in [0.4, 0.5) is 4.39 Å². The molecule has 5 aromatic rings. The number of carbonyl (C=O) groups excluding carboxylic acids is 1. The number of nitrogens with one attached hydrogen (secondary N) is 2. The standard InChI is InChI=1S/C31H30FN5O/c1-19-26(23-11-7-8-12-25(23)34-19)27-24(31(27,2)3)17-18-33-30(38)28-29(20-9-5-4-6-10-20)37(36-35-28)22-15-13-21(32)14-16-22/h4-16,24,27,34H,17-18H2,1-3H3,(H,33,38)/t24-,27-/m1/s1. The number of rotatable bonds is 7. The average molecular weight is 508 g/mol. The fraction of sp³-hybridized carbons (Fsp3) is 0.258. The van der Waals surface area contributed by atoms with E-state index < -0.39 is 0 Å². The average Bonchev–Trinajstić information content (AvgIpc) is 3.23. The number of carbonyl (C=O) groups is 1. The number of H-pyrrole nitrogens is 1. The van der Waals surface area contributed by atoms with Crippen molar-refractivity contribution in [2.24, 2.45) is 11.3 Å². The Morgan fingerprint density at radius 3 is 2.50 bits per heavy atom. The van der Waals surface area contributed by atoms with Crippen LogP contribution in [0.3, 0.4) is 0 Å². The first kappa shape index (κ1) is 24.1. The van der Waals surface area contributed by atoms with E-state index in [0.29, 0.717) is 29.8 Å². The maximum atomic E-state index is 13.5. The van der Waals surface area contributed by atoms with Gasteiger partial charge in [0.1, 0.15) is 11.5 Å². The summed E-state index contributed by atoms with van der Waals surface area (Å²) in [6.45, 7) is 7.32. The third kappa shape index (κ3) is 4.08. The van der Waals surface area contributed by atoms with E-state index in [2.05, 4.69) is 65.6 Å². The number of aryl methyl sites for hydroxylation is 1. The molecule has 1 aliphatic rings. The minimum absolute atomic E-state index is 0.154. The number of para-hydroxylation sites is 1. The van der Waals surface area contributed by atoms with Gasteiger partial charge in [-0.1, -0.05) is 67.6 Å². The van der Waals surface area contributed by atoms with E-state index in [1.165, 1.54) is 34.3 Å². The van der Waals surface area contributed by atoms with Crippen LogP contribution in [-0.4, -0.2) is 32.4 Å². The number of aromatic amines is 1. The molecule has 0 unspecified atom stereocenters. The van der Waals surface area contributed by atoms with E-state index >= 15 is 0 Å². The summed E-state index contributed by atoms with van der Waals surface area (Å²) < 4.78 is 15.1. The number of halogens is 1. The summed E-state index contributed by atoms with van der Waals surface area (Å²) >= 11 is 0. The predicted molar refractivity (Wildman–Crippen MR) is 147 cm³/mol. The van der Waals surface area contributed by atoms with E-state index in [1.54, 1.807) is 16.8 Å². The van der Waals surface area contributed by atoms with E-state index in [0.717, 1.165) is 12.0 Å². The van der Waals surface area contributed by atoms with E-state index in [-0.39, 0.29) is 22.8 Å². The highest BCUT2D eigenvalue weighted by atomic mass is 19.1. The highest BCUT2D eigenvalue weighted by molar-refractivity contribution is 5.98. The second-order valence-electron chi connectivity index (χ2n) is 10.7. The van der Waals surface area contributed by atoms with E-state index in [1.807, 2.05) is 30.3 Å². The lowest BCUT2D eigenvalue weighted by atomic mass is 10.0. The zero-order valence-corrected chi connectivity index (χ0v) is 21.7. The molecule has 2 N–H and O–H groups in total. The largest absolute Gasteiger partial charge is 0.358 e. The van der Waals surface area contributed by atoms with Crippen LogP contribution in [0.15, 0.2) is 78.9 Å². The van der Waals surface area contributed by atoms with Crippen LogP contribution < -0.4 is 5.32 Å². The molecule has 1 fully saturated rings. The van der Waals surface area contributed by atoms with Gasteiger partial charge in [-0.3, -0.25) is 4.79 Å². The normalized spacial score (nSPS) is 18.0. The first-order chi connectivity index (χ1) is 18.4. The first-order valence-corrected chi connectivity index (χ1v) is 13.0. The summed E-state index contributed by atoms with van der Waals surface area (Å²) in [5.41, 5.74) is 6.22. The van der Waals surface area contributed by atoms with Crippen molar-refractivity contribution in [1.29, 1.82) is 0 Å². The number of hydrogen-bond acceptors (Lipinski definition) is 3. The summed E-state index contributed by atoms with van der Waals surface area (Å²) in [4.78, 5) is 16.9. The number of hydrogen-bond donors (Lipinski definition) is 2. The monoisotopic (exact) mass is 507 g/mol. The molecule has 0 spiro atoms. The molecule has 1 saturated carbocycles. The molecule has 0 bridgehead atoms. The first-order valence-electron chi connectivity index (χ1n) is 13.0. The Balaban J connectivity index is 1.21. The van der Waals surface area contributed by atoms with Crippen molar-refractivity contribution in [2.45, 2.75) is 33.1 Å². The molecule has 2 aromatic heterocycles. The van der Waals surface area contributed by atoms with Crippen LogP contribution in [0, 0.1) is 24.1 Å². The number of aromatic nitrogens is 4. The van der Waals surface area contributed by atoms with Crippen molar-refractivity contribution < 1.29 is 9.18 Å². The van der Waals surface area contributed by atoms with Gasteiger partial charge in [0, 0.05) is 28.7 Å². The molecule has 2 atom stereocenters. The highest BCUT2D eigenvalue weighted by Gasteiger charge is 2.58. The number of amides is 1. The molecule has 6 nitrogen and oxygen atoms in total. The molecule has 192 valence electrons. The Bertz CT molecular complexity index is 1620. The lowest BCUT2D eigenvalue weighted by molar-refractivity contribution is 0.0947. The summed E-state index contributed by atoms with van der Waals surface area (Å²) in [6.07, 6.45) is 0.870. The summed E-state index contributed by atoms with van der Waals surface area (Å²) in [6, 6.07) is 24.0. The molecule has 3 aromatic carbocycles. The van der Waals surface area contributed by atoms with Crippen molar-refractivity contribution in [3.05, 3.63) is 102 Å². The van der Waals surface area contributed by atoms with Gasteiger partial charge in [-0.2, -0.15) is 0 Å². The lowest BCUT2D eigenvalue weighted by Gasteiger charge is -2.09. The highest BCUT2D eigenvalue weighted by Crippen LogP contribution is 2.67. The van der Waals surface area contributed by atoms with Crippen molar-refractivity contribution in [3.63, 3.8) is 0 Å². The Kier molecular flexibility index (Phi) is 5.86. The smallest absolute Gasteiger partial charge is 0.274 e. The molecule has 7 heteroatoms. The van der Waals surface area contributed by atoms with Gasteiger partial charge in [-0.25, -0.2) is 9.07 Å². The maximum Gasteiger partial charge on any atom is 0.274 e. The quantitative estimate of drug-likeness (QED) is 0.267. The number of benzene rings is 3. The fourth-order valence-corrected chi connectivity index (χ4v) is 6.03. The van der Waals surface area contributed by atoms with Crippen LogP contribution in [0.5, 0.6) is 0 Å². The van der Waals surface area contributed by atoms with Crippen LogP contribution in [-0.2, 0) is 0 Å². The van der Waals surface area contributed by atoms with Crippen LogP contribution in [0.25, 0.3) is 27.8 Å². The van der Waals surface area contributed by atoms with Gasteiger partial charge < -0.3 is 10.3 Å². The Morgan fingerprint density at radius 2 is 1.74 bits per heavy atom. The second kappa shape index (κ2) is 9.24. The van der Waals surface area contributed by atoms with E-state index in [4.69, 9.17) is 0 Å². The van der Waals surface area contributed by atoms with Crippen molar-refractivity contribution >= 4 is 16.8 Å². The van der Waals surface area contributed by atoms with Crippen LogP contribution in [0.1, 0.15) is 47.9 Å². The topological polar surface area (TPSA) is 75.6 Å². The Hall–Kier alpha value is -4.26. The van der Waals surface area contributed by atoms with Gasteiger partial charge in [0.15, 0.2) is 5.69 Å². The Morgan fingerprint density at radius 1 is 1.03 bits per heavy atom.